The van der Waals surface area contributed by atoms with Crippen LogP contribution in [0, 0.1) is 12.8 Å². The number of aryl methyl sites for hydroxylation is 1. The van der Waals surface area contributed by atoms with E-state index in [1.165, 1.54) is 23.8 Å². The van der Waals surface area contributed by atoms with Crippen LogP contribution < -0.4 is 0 Å². The number of halogens is 1. The molecular weight excluding hydrogens is 378 g/mol. The molecule has 1 fully saturated rings. The van der Waals surface area contributed by atoms with Crippen molar-refractivity contribution in [3.05, 3.63) is 69.7 Å². The fourth-order valence-electron chi connectivity index (χ4n) is 3.75. The maximum atomic E-state index is 12.3. The van der Waals surface area contributed by atoms with E-state index in [0.717, 1.165) is 30.5 Å². The number of ether oxygens (including phenoxy) is 1. The van der Waals surface area contributed by atoms with Gasteiger partial charge in [-0.25, -0.2) is 0 Å². The molecule has 132 valence electrons. The maximum absolute atomic E-state index is 12.3. The number of likely N-dealkylation sites (tertiary alicyclic amines) is 1. The minimum Gasteiger partial charge on any atom is -0.469 e. The summed E-state index contributed by atoms with van der Waals surface area (Å²) >= 11 is 3.59. The Balaban J connectivity index is 1.84. The Morgan fingerprint density at radius 3 is 2.68 bits per heavy atom. The molecule has 0 N–H and O–H groups in total. The largest absolute Gasteiger partial charge is 0.469 e. The number of esters is 1. The van der Waals surface area contributed by atoms with Crippen molar-refractivity contribution in [1.82, 2.24) is 4.90 Å². The molecule has 0 aromatic heterocycles. The summed E-state index contributed by atoms with van der Waals surface area (Å²) < 4.78 is 6.15. The fraction of sp³-hybridized carbons (Fsp3) is 0.381. The van der Waals surface area contributed by atoms with Crippen molar-refractivity contribution in [2.75, 3.05) is 20.2 Å². The number of piperidine rings is 1. The highest BCUT2D eigenvalue weighted by molar-refractivity contribution is 9.10. The predicted octanol–water partition coefficient (Wildman–Crippen LogP) is 4.54. The van der Waals surface area contributed by atoms with Gasteiger partial charge in [-0.3, -0.25) is 9.69 Å². The lowest BCUT2D eigenvalue weighted by Gasteiger charge is -2.37. The predicted molar refractivity (Wildman–Crippen MR) is 103 cm³/mol. The zero-order valence-corrected chi connectivity index (χ0v) is 16.3. The van der Waals surface area contributed by atoms with Crippen LogP contribution in [0.1, 0.15) is 29.0 Å². The Morgan fingerprint density at radius 1 is 1.24 bits per heavy atom. The Labute approximate surface area is 158 Å². The van der Waals surface area contributed by atoms with E-state index in [2.05, 4.69) is 70.2 Å². The minimum atomic E-state index is -0.0954. The number of hydrogen-bond acceptors (Lipinski definition) is 3. The van der Waals surface area contributed by atoms with Crippen molar-refractivity contribution in [3.63, 3.8) is 0 Å². The quantitative estimate of drug-likeness (QED) is 0.704. The second kappa shape index (κ2) is 8.15. The molecule has 3 rings (SSSR count). The standard InChI is InChI=1S/C21H24BrNO2/c1-15-10-17(12-18(22)11-15)20-14-23(9-8-19(20)21(24)25-2)13-16-6-4-3-5-7-16/h3-7,10-12,19-20H,8-9,13-14H2,1-2H3. The fourth-order valence-corrected chi connectivity index (χ4v) is 4.38. The molecule has 0 saturated carbocycles. The normalized spacial score (nSPS) is 21.1. The van der Waals surface area contributed by atoms with E-state index >= 15 is 0 Å². The summed E-state index contributed by atoms with van der Waals surface area (Å²) in [5.41, 5.74) is 3.72. The van der Waals surface area contributed by atoms with E-state index in [1.807, 2.05) is 6.07 Å². The van der Waals surface area contributed by atoms with Crippen molar-refractivity contribution in [1.29, 1.82) is 0 Å². The van der Waals surface area contributed by atoms with E-state index < -0.39 is 0 Å². The van der Waals surface area contributed by atoms with Gasteiger partial charge in [0.05, 0.1) is 13.0 Å². The van der Waals surface area contributed by atoms with Crippen LogP contribution in [-0.2, 0) is 16.1 Å². The van der Waals surface area contributed by atoms with Crippen molar-refractivity contribution in [3.8, 4) is 0 Å². The summed E-state index contributed by atoms with van der Waals surface area (Å²) in [6.45, 7) is 4.78. The van der Waals surface area contributed by atoms with E-state index in [0.29, 0.717) is 0 Å². The smallest absolute Gasteiger partial charge is 0.309 e. The molecular formula is C21H24BrNO2. The molecule has 4 heteroatoms. The van der Waals surface area contributed by atoms with E-state index in [1.54, 1.807) is 0 Å². The molecule has 0 radical (unpaired) electrons. The number of carbonyl (C=O) groups is 1. The molecule has 2 aromatic rings. The van der Waals surface area contributed by atoms with Gasteiger partial charge >= 0.3 is 5.97 Å². The van der Waals surface area contributed by atoms with E-state index in [-0.39, 0.29) is 17.8 Å². The average molecular weight is 402 g/mol. The van der Waals surface area contributed by atoms with Crippen LogP contribution in [0.25, 0.3) is 0 Å². The van der Waals surface area contributed by atoms with Crippen LogP contribution in [0.3, 0.4) is 0 Å². The average Bonchev–Trinajstić information content (AvgIpc) is 2.61. The first-order valence-corrected chi connectivity index (χ1v) is 9.47. The van der Waals surface area contributed by atoms with Crippen LogP contribution in [-0.4, -0.2) is 31.1 Å². The lowest BCUT2D eigenvalue weighted by Crippen LogP contribution is -2.42. The SMILES string of the molecule is COC(=O)C1CCN(Cc2ccccc2)CC1c1cc(C)cc(Br)c1. The van der Waals surface area contributed by atoms with Crippen LogP contribution >= 0.6 is 15.9 Å². The highest BCUT2D eigenvalue weighted by Crippen LogP contribution is 2.35. The molecule has 2 atom stereocenters. The highest BCUT2D eigenvalue weighted by Gasteiger charge is 2.36. The number of carbonyl (C=O) groups excluding carboxylic acids is 1. The summed E-state index contributed by atoms with van der Waals surface area (Å²) in [4.78, 5) is 14.8. The van der Waals surface area contributed by atoms with E-state index in [4.69, 9.17) is 4.74 Å². The minimum absolute atomic E-state index is 0.0780. The zero-order chi connectivity index (χ0) is 17.8. The molecule has 1 aliphatic rings. The summed E-state index contributed by atoms with van der Waals surface area (Å²) in [5, 5.41) is 0. The second-order valence-corrected chi connectivity index (χ2v) is 7.72. The first-order chi connectivity index (χ1) is 12.1. The van der Waals surface area contributed by atoms with Gasteiger partial charge in [0.25, 0.3) is 0 Å². The van der Waals surface area contributed by atoms with Gasteiger partial charge in [0.2, 0.25) is 0 Å². The van der Waals surface area contributed by atoms with Gasteiger partial charge in [-0.1, -0.05) is 52.3 Å². The summed E-state index contributed by atoms with van der Waals surface area (Å²) in [6, 6.07) is 16.9. The topological polar surface area (TPSA) is 29.5 Å². The lowest BCUT2D eigenvalue weighted by molar-refractivity contribution is -0.148. The Hall–Kier alpha value is -1.65. The molecule has 1 aliphatic heterocycles. The third-order valence-electron chi connectivity index (χ3n) is 4.94. The lowest BCUT2D eigenvalue weighted by atomic mass is 9.80. The van der Waals surface area contributed by atoms with Crippen LogP contribution in [0.4, 0.5) is 0 Å². The van der Waals surface area contributed by atoms with Crippen molar-refractivity contribution in [2.24, 2.45) is 5.92 Å². The number of methoxy groups -OCH3 is 1. The third kappa shape index (κ3) is 4.50. The van der Waals surface area contributed by atoms with Gasteiger partial charge in [-0.15, -0.1) is 0 Å². The monoisotopic (exact) mass is 401 g/mol. The molecule has 0 amide bonds. The Morgan fingerprint density at radius 2 is 2.00 bits per heavy atom. The van der Waals surface area contributed by atoms with Gasteiger partial charge in [0.15, 0.2) is 0 Å². The molecule has 2 aromatic carbocycles. The molecule has 1 saturated heterocycles. The number of rotatable bonds is 4. The van der Waals surface area contributed by atoms with Crippen molar-refractivity contribution < 1.29 is 9.53 Å². The molecule has 1 heterocycles. The van der Waals surface area contributed by atoms with Gasteiger partial charge < -0.3 is 4.74 Å². The van der Waals surface area contributed by atoms with E-state index in [9.17, 15) is 4.79 Å². The molecule has 3 nitrogen and oxygen atoms in total. The highest BCUT2D eigenvalue weighted by atomic mass is 79.9. The molecule has 0 aliphatic carbocycles. The second-order valence-electron chi connectivity index (χ2n) is 6.81. The van der Waals surface area contributed by atoms with Gasteiger partial charge in [0.1, 0.15) is 0 Å². The van der Waals surface area contributed by atoms with Gasteiger partial charge in [-0.2, -0.15) is 0 Å². The van der Waals surface area contributed by atoms with Crippen molar-refractivity contribution >= 4 is 21.9 Å². The summed E-state index contributed by atoms with van der Waals surface area (Å²) in [6.07, 6.45) is 0.829. The number of benzene rings is 2. The molecule has 25 heavy (non-hydrogen) atoms. The zero-order valence-electron chi connectivity index (χ0n) is 14.7. The Kier molecular flexibility index (Phi) is 5.92. The first kappa shape index (κ1) is 18.2. The molecule has 0 spiro atoms. The van der Waals surface area contributed by atoms with Crippen LogP contribution in [0.2, 0.25) is 0 Å². The van der Waals surface area contributed by atoms with Crippen LogP contribution in [0.15, 0.2) is 53.0 Å². The van der Waals surface area contributed by atoms with Gasteiger partial charge in [-0.05, 0) is 48.7 Å². The third-order valence-corrected chi connectivity index (χ3v) is 5.40. The van der Waals surface area contributed by atoms with Gasteiger partial charge in [0, 0.05) is 23.5 Å². The maximum Gasteiger partial charge on any atom is 0.309 e. The summed E-state index contributed by atoms with van der Waals surface area (Å²) in [5.74, 6) is -0.0196. The Bertz CT molecular complexity index is 712. The van der Waals surface area contributed by atoms with Crippen LogP contribution in [0.5, 0.6) is 0 Å². The first-order valence-electron chi connectivity index (χ1n) is 8.68. The van der Waals surface area contributed by atoms with Crippen molar-refractivity contribution in [2.45, 2.75) is 25.8 Å². The summed E-state index contributed by atoms with van der Waals surface area (Å²) in [7, 11) is 1.49. The molecule has 2 unspecified atom stereocenters. The number of nitrogens with zero attached hydrogens (tertiary/aromatic N) is 1. The number of hydrogen-bond donors (Lipinski definition) is 0. The molecule has 0 bridgehead atoms.